The number of sulfonamides is 1. The van der Waals surface area contributed by atoms with Crippen molar-refractivity contribution in [2.45, 2.75) is 52.1 Å². The molecule has 128 valence electrons. The molecular formula is C14H26N2O5S. The molecule has 1 aliphatic rings. The highest BCUT2D eigenvalue weighted by Gasteiger charge is 2.39. The van der Waals surface area contributed by atoms with Crippen LogP contribution in [0.3, 0.4) is 0 Å². The summed E-state index contributed by atoms with van der Waals surface area (Å²) in [7, 11) is -1.80. The van der Waals surface area contributed by atoms with Crippen LogP contribution in [0.5, 0.6) is 0 Å². The largest absolute Gasteiger partial charge is 0.454 e. The molecule has 8 heteroatoms. The summed E-state index contributed by atoms with van der Waals surface area (Å²) in [5.41, 5.74) is 0. The minimum atomic E-state index is -3.44. The molecule has 1 fully saturated rings. The lowest BCUT2D eigenvalue weighted by molar-refractivity contribution is -0.154. The summed E-state index contributed by atoms with van der Waals surface area (Å²) in [5, 5.41) is 0. The molecule has 22 heavy (non-hydrogen) atoms. The van der Waals surface area contributed by atoms with Crippen LogP contribution in [-0.4, -0.2) is 67.5 Å². The zero-order valence-electron chi connectivity index (χ0n) is 13.7. The van der Waals surface area contributed by atoms with Gasteiger partial charge in [-0.05, 0) is 33.1 Å². The van der Waals surface area contributed by atoms with E-state index in [1.165, 1.54) is 9.21 Å². The van der Waals surface area contributed by atoms with Crippen molar-refractivity contribution in [1.29, 1.82) is 0 Å². The van der Waals surface area contributed by atoms with E-state index >= 15 is 0 Å². The van der Waals surface area contributed by atoms with E-state index in [0.29, 0.717) is 25.8 Å². The molecule has 0 saturated carbocycles. The van der Waals surface area contributed by atoms with Crippen molar-refractivity contribution in [1.82, 2.24) is 9.21 Å². The summed E-state index contributed by atoms with van der Waals surface area (Å²) in [6.07, 6.45) is 1.57. The fourth-order valence-electron chi connectivity index (χ4n) is 2.30. The molecule has 0 N–H and O–H groups in total. The SMILES string of the molecule is CCCS(=O)(=O)N1CCCC1C(=O)OCC(=O)N(C)C(C)C. The van der Waals surface area contributed by atoms with Crippen LogP contribution >= 0.6 is 0 Å². The predicted molar refractivity (Wildman–Crippen MR) is 82.7 cm³/mol. The third-order valence-corrected chi connectivity index (χ3v) is 5.88. The number of ether oxygens (including phenoxy) is 1. The lowest BCUT2D eigenvalue weighted by Crippen LogP contribution is -2.43. The molecule has 1 atom stereocenters. The number of rotatable bonds is 7. The first-order chi connectivity index (χ1) is 10.2. The maximum atomic E-state index is 12.1. The van der Waals surface area contributed by atoms with Crippen molar-refractivity contribution in [3.05, 3.63) is 0 Å². The molecule has 0 aromatic carbocycles. The third kappa shape index (κ3) is 4.67. The zero-order valence-corrected chi connectivity index (χ0v) is 14.6. The second-order valence-electron chi connectivity index (χ2n) is 5.79. The summed E-state index contributed by atoms with van der Waals surface area (Å²) in [6, 6.07) is -0.784. The molecule has 1 heterocycles. The Labute approximate surface area is 132 Å². The van der Waals surface area contributed by atoms with Gasteiger partial charge in [0.1, 0.15) is 6.04 Å². The standard InChI is InChI=1S/C14H26N2O5S/c1-5-9-22(19,20)16-8-6-7-12(16)14(18)21-10-13(17)15(4)11(2)3/h11-12H,5-10H2,1-4H3. The molecule has 0 aromatic heterocycles. The van der Waals surface area contributed by atoms with Gasteiger partial charge in [0.15, 0.2) is 6.61 Å². The van der Waals surface area contributed by atoms with Gasteiger partial charge in [-0.15, -0.1) is 0 Å². The van der Waals surface area contributed by atoms with Crippen LogP contribution < -0.4 is 0 Å². The van der Waals surface area contributed by atoms with Gasteiger partial charge in [-0.2, -0.15) is 4.31 Å². The van der Waals surface area contributed by atoms with Gasteiger partial charge < -0.3 is 9.64 Å². The number of amides is 1. The van der Waals surface area contributed by atoms with E-state index in [2.05, 4.69) is 0 Å². The quantitative estimate of drug-likeness (QED) is 0.637. The summed E-state index contributed by atoms with van der Waals surface area (Å²) < 4.78 is 30.5. The van der Waals surface area contributed by atoms with E-state index in [1.54, 1.807) is 14.0 Å². The molecule has 7 nitrogen and oxygen atoms in total. The normalized spacial score (nSPS) is 19.4. The third-order valence-electron chi connectivity index (χ3n) is 3.80. The summed E-state index contributed by atoms with van der Waals surface area (Å²) >= 11 is 0. The fourth-order valence-corrected chi connectivity index (χ4v) is 4.04. The molecule has 0 bridgehead atoms. The average Bonchev–Trinajstić information content (AvgIpc) is 2.93. The topological polar surface area (TPSA) is 84.0 Å². The molecule has 0 aliphatic carbocycles. The molecule has 0 aromatic rings. The number of nitrogens with zero attached hydrogens (tertiary/aromatic N) is 2. The zero-order chi connectivity index (χ0) is 16.9. The minimum absolute atomic E-state index is 0.0131. The maximum absolute atomic E-state index is 12.1. The number of esters is 1. The molecule has 0 spiro atoms. The van der Waals surface area contributed by atoms with E-state index in [1.807, 2.05) is 13.8 Å². The monoisotopic (exact) mass is 334 g/mol. The smallest absolute Gasteiger partial charge is 0.324 e. The highest BCUT2D eigenvalue weighted by molar-refractivity contribution is 7.89. The Morgan fingerprint density at radius 1 is 1.36 bits per heavy atom. The maximum Gasteiger partial charge on any atom is 0.324 e. The van der Waals surface area contributed by atoms with Crippen molar-refractivity contribution in [2.75, 3.05) is 26.0 Å². The molecular weight excluding hydrogens is 308 g/mol. The Balaban J connectivity index is 2.63. The van der Waals surface area contributed by atoms with Gasteiger partial charge in [0.25, 0.3) is 5.91 Å². The van der Waals surface area contributed by atoms with Gasteiger partial charge in [0, 0.05) is 19.6 Å². The predicted octanol–water partition coefficient (Wildman–Crippen LogP) is 0.601. The average molecular weight is 334 g/mol. The Bertz CT molecular complexity index is 503. The minimum Gasteiger partial charge on any atom is -0.454 e. The Kier molecular flexibility index (Phi) is 6.80. The second-order valence-corrected chi connectivity index (χ2v) is 7.83. The fraction of sp³-hybridized carbons (Fsp3) is 0.857. The van der Waals surface area contributed by atoms with Gasteiger partial charge in [0.2, 0.25) is 10.0 Å². The first-order valence-electron chi connectivity index (χ1n) is 7.62. The Hall–Kier alpha value is -1.15. The van der Waals surface area contributed by atoms with Crippen LogP contribution in [0.25, 0.3) is 0 Å². The molecule has 0 radical (unpaired) electrons. The lowest BCUT2D eigenvalue weighted by Gasteiger charge is -2.24. The number of carbonyl (C=O) groups is 2. The van der Waals surface area contributed by atoms with E-state index in [-0.39, 0.29) is 24.3 Å². The van der Waals surface area contributed by atoms with Crippen LogP contribution in [-0.2, 0) is 24.3 Å². The molecule has 1 saturated heterocycles. The highest BCUT2D eigenvalue weighted by atomic mass is 32.2. The highest BCUT2D eigenvalue weighted by Crippen LogP contribution is 2.22. The van der Waals surface area contributed by atoms with E-state index < -0.39 is 22.0 Å². The summed E-state index contributed by atoms with van der Waals surface area (Å²) in [5.74, 6) is -0.918. The van der Waals surface area contributed by atoms with Gasteiger partial charge >= 0.3 is 5.97 Å². The summed E-state index contributed by atoms with van der Waals surface area (Å²) in [4.78, 5) is 25.4. The van der Waals surface area contributed by atoms with Crippen LogP contribution in [0.15, 0.2) is 0 Å². The molecule has 1 unspecified atom stereocenters. The van der Waals surface area contributed by atoms with E-state index in [4.69, 9.17) is 4.74 Å². The van der Waals surface area contributed by atoms with Gasteiger partial charge in [-0.25, -0.2) is 8.42 Å². The van der Waals surface area contributed by atoms with Crippen molar-refractivity contribution in [3.63, 3.8) is 0 Å². The van der Waals surface area contributed by atoms with Crippen LogP contribution in [0.4, 0.5) is 0 Å². The Morgan fingerprint density at radius 2 is 2.00 bits per heavy atom. The Morgan fingerprint density at radius 3 is 2.55 bits per heavy atom. The van der Waals surface area contributed by atoms with Crippen molar-refractivity contribution in [3.8, 4) is 0 Å². The van der Waals surface area contributed by atoms with Gasteiger partial charge in [0.05, 0.1) is 5.75 Å². The van der Waals surface area contributed by atoms with Gasteiger partial charge in [-0.3, -0.25) is 9.59 Å². The lowest BCUT2D eigenvalue weighted by atomic mass is 10.2. The van der Waals surface area contributed by atoms with E-state index in [0.717, 1.165) is 0 Å². The molecule has 1 amide bonds. The first kappa shape index (κ1) is 18.9. The number of carbonyl (C=O) groups excluding carboxylic acids is 2. The summed E-state index contributed by atoms with van der Waals surface area (Å²) in [6.45, 7) is 5.47. The van der Waals surface area contributed by atoms with Crippen molar-refractivity contribution >= 4 is 21.9 Å². The van der Waals surface area contributed by atoms with Gasteiger partial charge in [-0.1, -0.05) is 6.92 Å². The second kappa shape index (κ2) is 7.92. The van der Waals surface area contributed by atoms with Crippen LogP contribution in [0.2, 0.25) is 0 Å². The molecule has 1 aliphatic heterocycles. The van der Waals surface area contributed by atoms with Crippen molar-refractivity contribution < 1.29 is 22.7 Å². The first-order valence-corrected chi connectivity index (χ1v) is 9.23. The van der Waals surface area contributed by atoms with Crippen molar-refractivity contribution in [2.24, 2.45) is 0 Å². The van der Waals surface area contributed by atoms with Crippen LogP contribution in [0, 0.1) is 0 Å². The van der Waals surface area contributed by atoms with Crippen LogP contribution in [0.1, 0.15) is 40.0 Å². The molecule has 1 rings (SSSR count). The number of hydrogen-bond acceptors (Lipinski definition) is 5. The van der Waals surface area contributed by atoms with E-state index in [9.17, 15) is 18.0 Å². The number of hydrogen-bond donors (Lipinski definition) is 0. The number of likely N-dealkylation sites (N-methyl/N-ethyl adjacent to an activating group) is 1.